The molecule has 4 aliphatic rings. The van der Waals surface area contributed by atoms with Crippen molar-refractivity contribution in [1.29, 1.82) is 0 Å². The molecule has 0 spiro atoms. The second-order valence-corrected chi connectivity index (χ2v) is 9.79. The Balaban J connectivity index is 1.11. The molecule has 0 unspecified atom stereocenters. The number of piperidine rings is 1. The number of fused-ring (bicyclic) bond motifs is 2. The molecule has 35 heavy (non-hydrogen) atoms. The van der Waals surface area contributed by atoms with Gasteiger partial charge in [-0.3, -0.25) is 19.5 Å². The van der Waals surface area contributed by atoms with E-state index < -0.39 is 24.6 Å². The van der Waals surface area contributed by atoms with Crippen LogP contribution in [-0.4, -0.2) is 64.5 Å². The van der Waals surface area contributed by atoms with Crippen LogP contribution in [0.25, 0.3) is 10.9 Å². The lowest BCUT2D eigenvalue weighted by molar-refractivity contribution is 0.0957. The Bertz CT molecular complexity index is 1480. The van der Waals surface area contributed by atoms with Gasteiger partial charge in [0.2, 0.25) is 5.95 Å². The van der Waals surface area contributed by atoms with E-state index in [4.69, 9.17) is 4.11 Å². The van der Waals surface area contributed by atoms with Crippen LogP contribution in [0.1, 0.15) is 46.0 Å². The van der Waals surface area contributed by atoms with Crippen LogP contribution >= 0.6 is 0 Å². The highest BCUT2D eigenvalue weighted by Gasteiger charge is 2.58. The van der Waals surface area contributed by atoms with E-state index in [2.05, 4.69) is 19.9 Å². The molecule has 10 heteroatoms. The highest BCUT2D eigenvalue weighted by atomic mass is 19.1. The van der Waals surface area contributed by atoms with E-state index in [9.17, 15) is 18.4 Å². The van der Waals surface area contributed by atoms with Crippen LogP contribution in [0, 0.1) is 11.8 Å². The molecule has 2 bridgehead atoms. The summed E-state index contributed by atoms with van der Waals surface area (Å²) in [6.45, 7) is -0.635. The third-order valence-corrected chi connectivity index (χ3v) is 7.89. The summed E-state index contributed by atoms with van der Waals surface area (Å²) < 4.78 is 49.7. The zero-order valence-electron chi connectivity index (χ0n) is 21.9. The van der Waals surface area contributed by atoms with Crippen molar-refractivity contribution >= 4 is 22.5 Å². The van der Waals surface area contributed by atoms with Crippen LogP contribution in [0.2, 0.25) is 0 Å². The zero-order chi connectivity index (χ0) is 26.8. The van der Waals surface area contributed by atoms with Crippen LogP contribution in [0.3, 0.4) is 0 Å². The summed E-state index contributed by atoms with van der Waals surface area (Å²) in [5.74, 6) is -2.30. The van der Waals surface area contributed by atoms with E-state index in [0.717, 1.165) is 44.1 Å². The molecule has 1 saturated carbocycles. The first-order chi connectivity index (χ1) is 18.0. The Labute approximate surface area is 204 Å². The maximum absolute atomic E-state index is 14.8. The van der Waals surface area contributed by atoms with Gasteiger partial charge in [-0.05, 0) is 49.9 Å². The Morgan fingerprint density at radius 1 is 1.23 bits per heavy atom. The quantitative estimate of drug-likeness (QED) is 0.554. The lowest BCUT2D eigenvalue weighted by Crippen LogP contribution is -2.46. The predicted octanol–water partition coefficient (Wildman–Crippen LogP) is 2.34. The third kappa shape index (κ3) is 3.58. The second kappa shape index (κ2) is 8.08. The number of pyridine rings is 3. The summed E-state index contributed by atoms with van der Waals surface area (Å²) in [7, 11) is 0. The molecule has 3 aliphatic heterocycles. The van der Waals surface area contributed by atoms with Crippen LogP contribution < -0.4 is 15.8 Å². The van der Waals surface area contributed by atoms with Crippen LogP contribution in [0.4, 0.5) is 14.5 Å². The summed E-state index contributed by atoms with van der Waals surface area (Å²) in [6, 6.07) is 6.61. The summed E-state index contributed by atoms with van der Waals surface area (Å²) in [6.07, 6.45) is 4.65. The first-order valence-corrected chi connectivity index (χ1v) is 11.7. The van der Waals surface area contributed by atoms with Gasteiger partial charge < -0.3 is 15.2 Å². The number of halogens is 2. The molecular weight excluding hydrogens is 454 g/mol. The fourth-order valence-corrected chi connectivity index (χ4v) is 6.10. The van der Waals surface area contributed by atoms with Gasteiger partial charge in [-0.25, -0.2) is 9.37 Å². The van der Waals surface area contributed by atoms with Gasteiger partial charge in [-0.2, -0.15) is 4.39 Å². The van der Waals surface area contributed by atoms with E-state index in [0.29, 0.717) is 30.7 Å². The molecule has 0 radical (unpaired) electrons. The molecule has 7 rings (SSSR count). The normalized spacial score (nSPS) is 26.2. The molecule has 3 aromatic rings. The van der Waals surface area contributed by atoms with Crippen molar-refractivity contribution in [3.8, 4) is 0 Å². The number of rotatable bonds is 4. The molecule has 0 aromatic carbocycles. The minimum absolute atomic E-state index is 0.146. The number of nitrogens with zero attached hydrogens (tertiary/aromatic N) is 4. The molecular formula is C25H26F2N6O2. The molecule has 6 heterocycles. The van der Waals surface area contributed by atoms with Gasteiger partial charge in [0, 0.05) is 53.9 Å². The minimum Gasteiger partial charge on any atom is -0.368 e. The first-order valence-electron chi connectivity index (χ1n) is 13.2. The average molecular weight is 484 g/mol. The molecule has 182 valence electrons. The summed E-state index contributed by atoms with van der Waals surface area (Å²) >= 11 is 0. The van der Waals surface area contributed by atoms with E-state index in [1.54, 1.807) is 0 Å². The smallest absolute Gasteiger partial charge is 0.269 e. The minimum atomic E-state index is -2.68. The third-order valence-electron chi connectivity index (χ3n) is 7.89. The number of amides is 1. The van der Waals surface area contributed by atoms with Gasteiger partial charge in [-0.15, -0.1) is 0 Å². The topological polar surface area (TPSA) is 94.2 Å². The van der Waals surface area contributed by atoms with E-state index >= 15 is 0 Å². The van der Waals surface area contributed by atoms with E-state index in [1.165, 1.54) is 18.2 Å². The molecule has 4 fully saturated rings. The summed E-state index contributed by atoms with van der Waals surface area (Å²) in [4.78, 5) is 39.8. The number of aromatic amines is 1. The van der Waals surface area contributed by atoms with Crippen molar-refractivity contribution in [2.75, 3.05) is 31.5 Å². The van der Waals surface area contributed by atoms with Crippen molar-refractivity contribution in [2.24, 2.45) is 0 Å². The fraction of sp³-hybridized carbons (Fsp3) is 0.440. The fourth-order valence-electron chi connectivity index (χ4n) is 6.10. The van der Waals surface area contributed by atoms with Gasteiger partial charge >= 0.3 is 0 Å². The van der Waals surface area contributed by atoms with Gasteiger partial charge in [0.05, 0.1) is 22.8 Å². The Morgan fingerprint density at radius 3 is 2.77 bits per heavy atom. The molecule has 3 saturated heterocycles. The Morgan fingerprint density at radius 2 is 2.03 bits per heavy atom. The number of hydrogen-bond donors (Lipinski definition) is 2. The largest absolute Gasteiger partial charge is 0.368 e. The van der Waals surface area contributed by atoms with Crippen molar-refractivity contribution in [2.45, 2.75) is 43.2 Å². The molecule has 2 N–H and O–H groups in total. The van der Waals surface area contributed by atoms with Crippen molar-refractivity contribution in [3.05, 3.63) is 64.0 Å². The predicted molar refractivity (Wildman–Crippen MR) is 127 cm³/mol. The molecule has 1 amide bonds. The number of hydrogen-bond acceptors (Lipinski definition) is 6. The lowest BCUT2D eigenvalue weighted by atomic mass is 9.68. The SMILES string of the molecule is [2H]C([2H])([2H])NC(=O)c1ccc(N2CCC(N3CC4(c5cc6ncc(F)cc6c(=O)[nH]5)CC3C4)CC2)c(F)n1. The van der Waals surface area contributed by atoms with Crippen LogP contribution in [0.5, 0.6) is 0 Å². The highest BCUT2D eigenvalue weighted by molar-refractivity contribution is 5.92. The molecule has 3 aromatic heterocycles. The van der Waals surface area contributed by atoms with Crippen LogP contribution in [0.15, 0.2) is 35.3 Å². The number of anilines is 1. The Kier molecular flexibility index (Phi) is 4.36. The van der Waals surface area contributed by atoms with Gasteiger partial charge in [0.25, 0.3) is 11.5 Å². The number of aromatic nitrogens is 3. The van der Waals surface area contributed by atoms with Crippen molar-refractivity contribution in [1.82, 2.24) is 25.2 Å². The monoisotopic (exact) mass is 483 g/mol. The van der Waals surface area contributed by atoms with Crippen LogP contribution in [-0.2, 0) is 5.41 Å². The lowest BCUT2D eigenvalue weighted by Gasteiger charge is -2.40. The number of carbonyl (C=O) groups is 1. The summed E-state index contributed by atoms with van der Waals surface area (Å²) in [5, 5.41) is 2.06. The van der Waals surface area contributed by atoms with Gasteiger partial charge in [0.15, 0.2) is 0 Å². The van der Waals surface area contributed by atoms with Gasteiger partial charge in [0.1, 0.15) is 11.5 Å². The van der Waals surface area contributed by atoms with E-state index in [-0.39, 0.29) is 27.7 Å². The molecule has 1 aliphatic carbocycles. The Hall–Kier alpha value is -3.40. The van der Waals surface area contributed by atoms with Crippen molar-refractivity contribution < 1.29 is 17.7 Å². The average Bonchev–Trinajstić information content (AvgIpc) is 3.41. The van der Waals surface area contributed by atoms with Gasteiger partial charge in [-0.1, -0.05) is 0 Å². The summed E-state index contributed by atoms with van der Waals surface area (Å²) in [5.41, 5.74) is 0.868. The standard InChI is InChI=1S/C25H26F2N6O2/c1-28-24(35)18-2-3-20(22(27)30-18)32-6-4-15(5-7-32)33-13-25(10-16(33)11-25)21-9-19-17(23(34)31-21)8-14(26)12-29-19/h2-3,8-9,12,15-16H,4-7,10-11,13H2,1H3,(H,28,35)(H,31,34)/i1D3. The first kappa shape index (κ1) is 18.9. The molecule has 8 nitrogen and oxygen atoms in total. The number of carbonyl (C=O) groups excluding carboxylic acids is 1. The second-order valence-electron chi connectivity index (χ2n) is 9.79. The number of H-pyrrole nitrogens is 1. The highest BCUT2D eigenvalue weighted by Crippen LogP contribution is 2.54. The number of nitrogens with one attached hydrogen (secondary N) is 2. The maximum Gasteiger partial charge on any atom is 0.269 e. The van der Waals surface area contributed by atoms with E-state index in [1.807, 2.05) is 16.3 Å². The maximum atomic E-state index is 14.8. The molecule has 0 atom stereocenters. The zero-order valence-corrected chi connectivity index (χ0v) is 18.9. The van der Waals surface area contributed by atoms with Crippen molar-refractivity contribution in [3.63, 3.8) is 0 Å².